The lowest BCUT2D eigenvalue weighted by Crippen LogP contribution is -2.01. The number of ketones is 1. The Kier molecular flexibility index (Phi) is 4.99. The molecule has 0 saturated heterocycles. The molecule has 0 amide bonds. The molecule has 3 heteroatoms. The van der Waals surface area contributed by atoms with Crippen LogP contribution in [-0.2, 0) is 0 Å². The van der Waals surface area contributed by atoms with E-state index in [-0.39, 0.29) is 5.78 Å². The van der Waals surface area contributed by atoms with Crippen molar-refractivity contribution < 1.29 is 4.79 Å². The van der Waals surface area contributed by atoms with Crippen molar-refractivity contribution in [2.75, 3.05) is 0 Å². The fourth-order valence-electron chi connectivity index (χ4n) is 1.17. The van der Waals surface area contributed by atoms with Gasteiger partial charge in [-0.2, -0.15) is 0 Å². The first-order valence-corrected chi connectivity index (χ1v) is 6.50. The lowest BCUT2D eigenvalue weighted by atomic mass is 10.0. The monoisotopic (exact) mass is 378 g/mol. The molecular formula is C12H12BrIO. The van der Waals surface area contributed by atoms with Crippen LogP contribution in [0.25, 0.3) is 0 Å². The summed E-state index contributed by atoms with van der Waals surface area (Å²) in [5.74, 6) is 0.184. The van der Waals surface area contributed by atoms with Crippen LogP contribution in [0.4, 0.5) is 0 Å². The van der Waals surface area contributed by atoms with Crippen LogP contribution in [0.2, 0.25) is 0 Å². The summed E-state index contributed by atoms with van der Waals surface area (Å²) in [5.41, 5.74) is 1.85. The molecular weight excluding hydrogens is 367 g/mol. The minimum absolute atomic E-state index is 0.184. The first-order chi connectivity index (χ1) is 7.00. The Morgan fingerprint density at radius 3 is 2.73 bits per heavy atom. The summed E-state index contributed by atoms with van der Waals surface area (Å²) >= 11 is 5.56. The number of halogens is 2. The van der Waals surface area contributed by atoms with Gasteiger partial charge < -0.3 is 0 Å². The minimum Gasteiger partial charge on any atom is -0.294 e. The van der Waals surface area contributed by atoms with Gasteiger partial charge in [-0.05, 0) is 54.1 Å². The summed E-state index contributed by atoms with van der Waals surface area (Å²) < 4.78 is 1.95. The Morgan fingerprint density at radius 2 is 2.13 bits per heavy atom. The van der Waals surface area contributed by atoms with E-state index in [1.807, 2.05) is 25.1 Å². The van der Waals surface area contributed by atoms with Crippen molar-refractivity contribution in [2.45, 2.75) is 19.8 Å². The molecule has 1 aromatic rings. The van der Waals surface area contributed by atoms with Crippen molar-refractivity contribution in [3.8, 4) is 0 Å². The maximum absolute atomic E-state index is 11.9. The Hall–Kier alpha value is -0.160. The Bertz CT molecular complexity index is 399. The highest BCUT2D eigenvalue weighted by Crippen LogP contribution is 2.20. The van der Waals surface area contributed by atoms with E-state index >= 15 is 0 Å². The fourth-order valence-corrected chi connectivity index (χ4v) is 2.17. The van der Waals surface area contributed by atoms with Gasteiger partial charge in [-0.1, -0.05) is 21.5 Å². The zero-order valence-corrected chi connectivity index (χ0v) is 12.3. The van der Waals surface area contributed by atoms with Crippen LogP contribution >= 0.6 is 38.5 Å². The van der Waals surface area contributed by atoms with Gasteiger partial charge in [-0.15, -0.1) is 6.58 Å². The topological polar surface area (TPSA) is 17.1 Å². The molecule has 0 radical (unpaired) electrons. The number of hydrogen-bond donors (Lipinski definition) is 0. The maximum atomic E-state index is 11.9. The van der Waals surface area contributed by atoms with E-state index in [4.69, 9.17) is 0 Å². The van der Waals surface area contributed by atoms with Crippen molar-refractivity contribution in [2.24, 2.45) is 0 Å². The average molecular weight is 379 g/mol. The van der Waals surface area contributed by atoms with Gasteiger partial charge in [-0.3, -0.25) is 4.79 Å². The Balaban J connectivity index is 2.81. The second-order valence-corrected chi connectivity index (χ2v) is 5.58. The SMILES string of the molecule is C=C(C)CCC(=O)c1cc(Br)ccc1I. The molecule has 0 fully saturated rings. The third-order valence-corrected chi connectivity index (χ3v) is 3.44. The molecule has 80 valence electrons. The van der Waals surface area contributed by atoms with Gasteiger partial charge in [0.05, 0.1) is 0 Å². The molecule has 15 heavy (non-hydrogen) atoms. The molecule has 0 heterocycles. The molecule has 0 spiro atoms. The fraction of sp³-hybridized carbons (Fsp3) is 0.250. The van der Waals surface area contributed by atoms with E-state index in [9.17, 15) is 4.79 Å². The molecule has 0 N–H and O–H groups in total. The van der Waals surface area contributed by atoms with Crippen LogP contribution in [0.3, 0.4) is 0 Å². The smallest absolute Gasteiger partial charge is 0.164 e. The molecule has 1 nitrogen and oxygen atoms in total. The summed E-state index contributed by atoms with van der Waals surface area (Å²) in [4.78, 5) is 11.9. The number of benzene rings is 1. The lowest BCUT2D eigenvalue weighted by Gasteiger charge is -2.04. The number of carbonyl (C=O) groups is 1. The van der Waals surface area contributed by atoms with E-state index in [0.717, 1.165) is 25.6 Å². The van der Waals surface area contributed by atoms with E-state index in [1.54, 1.807) is 0 Å². The quantitative estimate of drug-likeness (QED) is 0.425. The number of allylic oxidation sites excluding steroid dienone is 1. The number of carbonyl (C=O) groups excluding carboxylic acids is 1. The van der Waals surface area contributed by atoms with Crippen LogP contribution in [0.5, 0.6) is 0 Å². The second kappa shape index (κ2) is 5.80. The second-order valence-electron chi connectivity index (χ2n) is 3.50. The van der Waals surface area contributed by atoms with Crippen molar-refractivity contribution in [1.82, 2.24) is 0 Å². The molecule has 0 atom stereocenters. The van der Waals surface area contributed by atoms with Crippen LogP contribution in [0, 0.1) is 3.57 Å². The molecule has 0 aromatic heterocycles. The average Bonchev–Trinajstić information content (AvgIpc) is 2.18. The molecule has 0 aliphatic carbocycles. The van der Waals surface area contributed by atoms with Gasteiger partial charge >= 0.3 is 0 Å². The van der Waals surface area contributed by atoms with E-state index in [0.29, 0.717) is 6.42 Å². The molecule has 1 rings (SSSR count). The third-order valence-electron chi connectivity index (χ3n) is 2.01. The van der Waals surface area contributed by atoms with Gasteiger partial charge in [0, 0.05) is 20.0 Å². The van der Waals surface area contributed by atoms with Crippen LogP contribution in [0.15, 0.2) is 34.8 Å². The van der Waals surface area contributed by atoms with Gasteiger partial charge in [0.15, 0.2) is 5.78 Å². The molecule has 0 aliphatic heterocycles. The minimum atomic E-state index is 0.184. The van der Waals surface area contributed by atoms with Gasteiger partial charge in [0.25, 0.3) is 0 Å². The maximum Gasteiger partial charge on any atom is 0.164 e. The molecule has 1 aromatic carbocycles. The first kappa shape index (κ1) is 12.9. The number of Topliss-reactive ketones (excluding diaryl/α,β-unsaturated/α-hetero) is 1. The zero-order chi connectivity index (χ0) is 11.4. The lowest BCUT2D eigenvalue weighted by molar-refractivity contribution is 0.0982. The molecule has 0 saturated carbocycles. The highest BCUT2D eigenvalue weighted by molar-refractivity contribution is 14.1. The van der Waals surface area contributed by atoms with Crippen LogP contribution in [-0.4, -0.2) is 5.78 Å². The highest BCUT2D eigenvalue weighted by Gasteiger charge is 2.10. The summed E-state index contributed by atoms with van der Waals surface area (Å²) in [6, 6.07) is 5.76. The van der Waals surface area contributed by atoms with Gasteiger partial charge in [0.1, 0.15) is 0 Å². The summed E-state index contributed by atoms with van der Waals surface area (Å²) in [5, 5.41) is 0. The normalized spacial score (nSPS) is 10.1. The number of hydrogen-bond acceptors (Lipinski definition) is 1. The zero-order valence-electron chi connectivity index (χ0n) is 8.52. The largest absolute Gasteiger partial charge is 0.294 e. The third kappa shape index (κ3) is 4.07. The predicted molar refractivity (Wildman–Crippen MR) is 75.2 cm³/mol. The van der Waals surface area contributed by atoms with E-state index in [1.165, 1.54) is 0 Å². The van der Waals surface area contributed by atoms with Crippen molar-refractivity contribution in [3.63, 3.8) is 0 Å². The number of rotatable bonds is 4. The van der Waals surface area contributed by atoms with E-state index < -0.39 is 0 Å². The summed E-state index contributed by atoms with van der Waals surface area (Å²) in [7, 11) is 0. The first-order valence-electron chi connectivity index (χ1n) is 4.63. The van der Waals surface area contributed by atoms with Crippen molar-refractivity contribution in [1.29, 1.82) is 0 Å². The van der Waals surface area contributed by atoms with Crippen LogP contribution < -0.4 is 0 Å². The molecule has 0 bridgehead atoms. The predicted octanol–water partition coefficient (Wildman–Crippen LogP) is 4.59. The molecule has 0 aliphatic rings. The van der Waals surface area contributed by atoms with Crippen molar-refractivity contribution >= 4 is 44.3 Å². The molecule has 0 unspecified atom stereocenters. The Morgan fingerprint density at radius 1 is 1.47 bits per heavy atom. The van der Waals surface area contributed by atoms with Gasteiger partial charge in [0.2, 0.25) is 0 Å². The van der Waals surface area contributed by atoms with Crippen LogP contribution in [0.1, 0.15) is 30.1 Å². The summed E-state index contributed by atoms with van der Waals surface area (Å²) in [6.07, 6.45) is 1.31. The Labute approximate surface area is 112 Å². The van der Waals surface area contributed by atoms with E-state index in [2.05, 4.69) is 45.1 Å². The van der Waals surface area contributed by atoms with Crippen molar-refractivity contribution in [3.05, 3.63) is 44.0 Å². The highest BCUT2D eigenvalue weighted by atomic mass is 127. The summed E-state index contributed by atoms with van der Waals surface area (Å²) in [6.45, 7) is 5.74. The standard InChI is InChI=1S/C12H12BrIO/c1-8(2)3-6-12(15)10-7-9(13)4-5-11(10)14/h4-5,7H,1,3,6H2,2H3. The van der Waals surface area contributed by atoms with Gasteiger partial charge in [-0.25, -0.2) is 0 Å².